The van der Waals surface area contributed by atoms with Crippen LogP contribution < -0.4 is 0 Å². The number of nitrogens with zero attached hydrogens (tertiary/aromatic N) is 3. The zero-order valence-corrected chi connectivity index (χ0v) is 10.3. The van der Waals surface area contributed by atoms with E-state index in [4.69, 9.17) is 0 Å². The van der Waals surface area contributed by atoms with Gasteiger partial charge in [0.15, 0.2) is 0 Å². The van der Waals surface area contributed by atoms with Gasteiger partial charge in [-0.3, -0.25) is 4.98 Å². The summed E-state index contributed by atoms with van der Waals surface area (Å²) in [7, 11) is 0. The van der Waals surface area contributed by atoms with Crippen molar-refractivity contribution in [2.24, 2.45) is 0 Å². The maximum absolute atomic E-state index is 13.9. The second-order valence-corrected chi connectivity index (χ2v) is 4.46. The maximum atomic E-state index is 13.9. The Morgan fingerprint density at radius 3 is 2.85 bits per heavy atom. The Labute approximate surface area is 113 Å². The quantitative estimate of drug-likeness (QED) is 0.574. The normalized spacial score (nSPS) is 11.2. The van der Waals surface area contributed by atoms with Gasteiger partial charge in [-0.1, -0.05) is 0 Å². The standard InChI is InChI=1S/C15H9FN4/c16-12-4-3-10(13-9(12)2-1-6-17-13)14-11-5-7-18-15(11)20-8-19-14/h1-8H,(H,18,19,20). The molecule has 0 saturated carbocycles. The minimum absolute atomic E-state index is 0.281. The van der Waals surface area contributed by atoms with Gasteiger partial charge in [-0.05, 0) is 30.3 Å². The summed E-state index contributed by atoms with van der Waals surface area (Å²) in [5, 5.41) is 1.39. The third kappa shape index (κ3) is 1.50. The lowest BCUT2D eigenvalue weighted by Gasteiger charge is -2.06. The second-order valence-electron chi connectivity index (χ2n) is 4.46. The molecular weight excluding hydrogens is 255 g/mol. The van der Waals surface area contributed by atoms with Crippen LogP contribution in [0.25, 0.3) is 33.2 Å². The summed E-state index contributed by atoms with van der Waals surface area (Å²) in [6, 6.07) is 8.50. The lowest BCUT2D eigenvalue weighted by Crippen LogP contribution is -1.91. The van der Waals surface area contributed by atoms with Crippen LogP contribution in [0.4, 0.5) is 4.39 Å². The van der Waals surface area contributed by atoms with Crippen molar-refractivity contribution in [2.45, 2.75) is 0 Å². The number of aromatic amines is 1. The van der Waals surface area contributed by atoms with Crippen molar-refractivity contribution in [3.05, 3.63) is 54.9 Å². The summed E-state index contributed by atoms with van der Waals surface area (Å²) in [6.07, 6.45) is 4.95. The number of rotatable bonds is 1. The van der Waals surface area contributed by atoms with Gasteiger partial charge in [0.1, 0.15) is 17.8 Å². The van der Waals surface area contributed by atoms with E-state index in [1.54, 1.807) is 24.4 Å². The van der Waals surface area contributed by atoms with Crippen LogP contribution in [0.1, 0.15) is 0 Å². The van der Waals surface area contributed by atoms with Crippen molar-refractivity contribution in [2.75, 3.05) is 0 Å². The summed E-state index contributed by atoms with van der Waals surface area (Å²) in [5.74, 6) is -0.281. The smallest absolute Gasteiger partial charge is 0.141 e. The van der Waals surface area contributed by atoms with E-state index in [9.17, 15) is 4.39 Å². The van der Waals surface area contributed by atoms with E-state index < -0.39 is 0 Å². The molecule has 0 fully saturated rings. The Bertz CT molecular complexity index is 929. The molecular formula is C15H9FN4. The van der Waals surface area contributed by atoms with Crippen molar-refractivity contribution in [3.8, 4) is 11.3 Å². The number of fused-ring (bicyclic) bond motifs is 2. The molecule has 5 heteroatoms. The van der Waals surface area contributed by atoms with Crippen LogP contribution in [0.5, 0.6) is 0 Å². The molecule has 1 aromatic carbocycles. The number of hydrogen-bond donors (Lipinski definition) is 1. The minimum Gasteiger partial charge on any atom is -0.346 e. The van der Waals surface area contributed by atoms with Crippen molar-refractivity contribution in [3.63, 3.8) is 0 Å². The molecule has 0 amide bonds. The molecule has 4 rings (SSSR count). The largest absolute Gasteiger partial charge is 0.346 e. The molecule has 0 saturated heterocycles. The highest BCUT2D eigenvalue weighted by Crippen LogP contribution is 2.31. The molecule has 0 aliphatic rings. The molecule has 96 valence electrons. The van der Waals surface area contributed by atoms with Gasteiger partial charge in [0.2, 0.25) is 0 Å². The highest BCUT2D eigenvalue weighted by molar-refractivity contribution is 6.00. The van der Waals surface area contributed by atoms with Crippen molar-refractivity contribution < 1.29 is 4.39 Å². The zero-order chi connectivity index (χ0) is 13.5. The highest BCUT2D eigenvalue weighted by atomic mass is 19.1. The summed E-state index contributed by atoms with van der Waals surface area (Å²) in [4.78, 5) is 15.8. The average molecular weight is 264 g/mol. The molecule has 0 bridgehead atoms. The van der Waals surface area contributed by atoms with Crippen LogP contribution in [-0.2, 0) is 0 Å². The summed E-state index contributed by atoms with van der Waals surface area (Å²) < 4.78 is 13.9. The molecule has 0 radical (unpaired) electrons. The average Bonchev–Trinajstić information content (AvgIpc) is 2.97. The molecule has 4 aromatic rings. The molecule has 4 nitrogen and oxygen atoms in total. The van der Waals surface area contributed by atoms with Crippen LogP contribution in [-0.4, -0.2) is 19.9 Å². The molecule has 0 aliphatic carbocycles. The van der Waals surface area contributed by atoms with Gasteiger partial charge in [-0.25, -0.2) is 14.4 Å². The van der Waals surface area contributed by atoms with Crippen molar-refractivity contribution in [1.82, 2.24) is 19.9 Å². The Balaban J connectivity index is 2.13. The fourth-order valence-corrected chi connectivity index (χ4v) is 2.42. The van der Waals surface area contributed by atoms with E-state index in [1.165, 1.54) is 12.4 Å². The number of halogens is 1. The fraction of sp³-hybridized carbons (Fsp3) is 0. The van der Waals surface area contributed by atoms with Crippen LogP contribution >= 0.6 is 0 Å². The highest BCUT2D eigenvalue weighted by Gasteiger charge is 2.13. The SMILES string of the molecule is Fc1ccc(-c2ncnc3[nH]ccc23)c2ncccc12. The number of pyridine rings is 1. The second kappa shape index (κ2) is 4.09. The monoisotopic (exact) mass is 264 g/mol. The number of H-pyrrole nitrogens is 1. The lowest BCUT2D eigenvalue weighted by atomic mass is 10.0. The fourth-order valence-electron chi connectivity index (χ4n) is 2.42. The minimum atomic E-state index is -0.281. The van der Waals surface area contributed by atoms with Crippen LogP contribution in [0.15, 0.2) is 49.1 Å². The lowest BCUT2D eigenvalue weighted by molar-refractivity contribution is 0.639. The first-order valence-electron chi connectivity index (χ1n) is 6.16. The van der Waals surface area contributed by atoms with Crippen molar-refractivity contribution in [1.29, 1.82) is 0 Å². The summed E-state index contributed by atoms with van der Waals surface area (Å²) in [5.41, 5.74) is 2.91. The van der Waals surface area contributed by atoms with Gasteiger partial charge in [0, 0.05) is 28.7 Å². The van der Waals surface area contributed by atoms with Gasteiger partial charge < -0.3 is 4.98 Å². The Morgan fingerprint density at radius 2 is 1.90 bits per heavy atom. The van der Waals surface area contributed by atoms with E-state index in [0.717, 1.165) is 22.3 Å². The molecule has 0 atom stereocenters. The Morgan fingerprint density at radius 1 is 0.950 bits per heavy atom. The van der Waals surface area contributed by atoms with Gasteiger partial charge in [0.25, 0.3) is 0 Å². The van der Waals surface area contributed by atoms with Gasteiger partial charge in [0.05, 0.1) is 11.2 Å². The maximum Gasteiger partial charge on any atom is 0.141 e. The third-order valence-corrected chi connectivity index (χ3v) is 3.33. The predicted octanol–water partition coefficient (Wildman–Crippen LogP) is 3.31. The third-order valence-electron chi connectivity index (χ3n) is 3.33. The van der Waals surface area contributed by atoms with Gasteiger partial charge in [-0.2, -0.15) is 0 Å². The first-order valence-corrected chi connectivity index (χ1v) is 6.16. The van der Waals surface area contributed by atoms with E-state index in [0.29, 0.717) is 10.9 Å². The molecule has 1 N–H and O–H groups in total. The predicted molar refractivity (Wildman–Crippen MR) is 74.6 cm³/mol. The zero-order valence-electron chi connectivity index (χ0n) is 10.3. The Kier molecular flexibility index (Phi) is 2.26. The van der Waals surface area contributed by atoms with E-state index >= 15 is 0 Å². The summed E-state index contributed by atoms with van der Waals surface area (Å²) >= 11 is 0. The summed E-state index contributed by atoms with van der Waals surface area (Å²) in [6.45, 7) is 0. The van der Waals surface area contributed by atoms with Crippen molar-refractivity contribution >= 4 is 21.9 Å². The number of nitrogens with one attached hydrogen (secondary N) is 1. The van der Waals surface area contributed by atoms with E-state index in [2.05, 4.69) is 19.9 Å². The van der Waals surface area contributed by atoms with Crippen LogP contribution in [0.2, 0.25) is 0 Å². The molecule has 0 spiro atoms. The first kappa shape index (κ1) is 11.0. The van der Waals surface area contributed by atoms with E-state index in [1.807, 2.05) is 12.3 Å². The topological polar surface area (TPSA) is 54.5 Å². The van der Waals surface area contributed by atoms with Crippen LogP contribution in [0, 0.1) is 5.82 Å². The van der Waals surface area contributed by atoms with E-state index in [-0.39, 0.29) is 5.82 Å². The molecule has 3 aromatic heterocycles. The number of aromatic nitrogens is 4. The molecule has 0 aliphatic heterocycles. The van der Waals surface area contributed by atoms with Crippen LogP contribution in [0.3, 0.4) is 0 Å². The van der Waals surface area contributed by atoms with Gasteiger partial charge >= 0.3 is 0 Å². The molecule has 3 heterocycles. The molecule has 20 heavy (non-hydrogen) atoms. The number of benzene rings is 1. The Hall–Kier alpha value is -2.82. The first-order chi connectivity index (χ1) is 9.84. The molecule has 0 unspecified atom stereocenters. The number of hydrogen-bond acceptors (Lipinski definition) is 3. The van der Waals surface area contributed by atoms with Gasteiger partial charge in [-0.15, -0.1) is 0 Å².